The molecule has 1 aromatic carbocycles. The maximum Gasteiger partial charge on any atom is 0.262 e. The third kappa shape index (κ3) is 3.04. The van der Waals surface area contributed by atoms with Crippen molar-refractivity contribution in [2.45, 2.75) is 24.0 Å². The Hall–Kier alpha value is -1.93. The van der Waals surface area contributed by atoms with Gasteiger partial charge in [-0.1, -0.05) is 6.07 Å². The number of nitrogens with zero attached hydrogens (tertiary/aromatic N) is 3. The number of hydrogen-bond acceptors (Lipinski definition) is 4. The summed E-state index contributed by atoms with van der Waals surface area (Å²) in [5.74, 6) is 0.563. The molecule has 0 unspecified atom stereocenters. The molecular formula is C17H20FN3O3S. The largest absolute Gasteiger partial charge is 0.490 e. The fraction of sp³-hybridized carbons (Fsp3) is 0.471. The van der Waals surface area contributed by atoms with Crippen LogP contribution in [0.2, 0.25) is 0 Å². The topological polar surface area (TPSA) is 64.4 Å². The molecule has 25 heavy (non-hydrogen) atoms. The van der Waals surface area contributed by atoms with Gasteiger partial charge >= 0.3 is 0 Å². The third-order valence-corrected chi connectivity index (χ3v) is 6.84. The van der Waals surface area contributed by atoms with Gasteiger partial charge in [-0.25, -0.2) is 17.8 Å². The average molecular weight is 365 g/mol. The van der Waals surface area contributed by atoms with Gasteiger partial charge in [0.15, 0.2) is 5.03 Å². The first-order valence-corrected chi connectivity index (χ1v) is 9.78. The quantitative estimate of drug-likeness (QED) is 0.832. The molecule has 1 aliphatic heterocycles. The summed E-state index contributed by atoms with van der Waals surface area (Å²) in [7, 11) is -1.83. The number of sulfonamides is 1. The van der Waals surface area contributed by atoms with Crippen LogP contribution >= 0.6 is 0 Å². The molecular weight excluding hydrogens is 345 g/mol. The highest BCUT2D eigenvalue weighted by molar-refractivity contribution is 7.89. The van der Waals surface area contributed by atoms with Gasteiger partial charge in [-0.3, -0.25) is 0 Å². The normalized spacial score (nSPS) is 26.7. The first kappa shape index (κ1) is 16.5. The van der Waals surface area contributed by atoms with E-state index in [1.54, 1.807) is 23.7 Å². The molecule has 2 heterocycles. The number of aryl methyl sites for hydroxylation is 1. The highest BCUT2D eigenvalue weighted by atomic mass is 32.2. The van der Waals surface area contributed by atoms with Gasteiger partial charge in [0, 0.05) is 38.3 Å². The zero-order chi connectivity index (χ0) is 17.6. The molecule has 134 valence electrons. The molecule has 0 amide bonds. The maximum absolute atomic E-state index is 13.3. The van der Waals surface area contributed by atoms with Crippen LogP contribution in [0.15, 0.2) is 41.8 Å². The molecule has 1 aliphatic carbocycles. The van der Waals surface area contributed by atoms with Gasteiger partial charge in [0.2, 0.25) is 0 Å². The third-order valence-electron chi connectivity index (χ3n) is 5.13. The van der Waals surface area contributed by atoms with Gasteiger partial charge in [-0.15, -0.1) is 0 Å². The predicted octanol–water partition coefficient (Wildman–Crippen LogP) is 2.04. The van der Waals surface area contributed by atoms with E-state index in [-0.39, 0.29) is 28.8 Å². The summed E-state index contributed by atoms with van der Waals surface area (Å²) in [6, 6.07) is 6.09. The summed E-state index contributed by atoms with van der Waals surface area (Å²) in [6.07, 6.45) is 4.70. The van der Waals surface area contributed by atoms with Crippen LogP contribution in [0.5, 0.6) is 5.75 Å². The van der Waals surface area contributed by atoms with E-state index in [1.807, 2.05) is 0 Å². The summed E-state index contributed by atoms with van der Waals surface area (Å²) in [5.41, 5.74) is 0. The van der Waals surface area contributed by atoms with E-state index in [0.717, 1.165) is 12.8 Å². The molecule has 2 aliphatic rings. The number of benzene rings is 1. The Morgan fingerprint density at radius 1 is 1.28 bits per heavy atom. The molecule has 1 saturated carbocycles. The molecule has 0 N–H and O–H groups in total. The monoisotopic (exact) mass is 365 g/mol. The molecule has 2 aromatic rings. The summed E-state index contributed by atoms with van der Waals surface area (Å²) in [4.78, 5) is 3.98. The van der Waals surface area contributed by atoms with Crippen LogP contribution in [-0.4, -0.2) is 41.5 Å². The molecule has 6 nitrogen and oxygen atoms in total. The highest BCUT2D eigenvalue weighted by Crippen LogP contribution is 2.41. The van der Waals surface area contributed by atoms with Crippen molar-refractivity contribution in [1.29, 1.82) is 0 Å². The Labute approximate surface area is 146 Å². The van der Waals surface area contributed by atoms with Crippen molar-refractivity contribution in [2.75, 3.05) is 13.1 Å². The van der Waals surface area contributed by atoms with E-state index < -0.39 is 10.0 Å². The van der Waals surface area contributed by atoms with Crippen LogP contribution in [-0.2, 0) is 17.1 Å². The molecule has 0 radical (unpaired) electrons. The first-order chi connectivity index (χ1) is 11.9. The predicted molar refractivity (Wildman–Crippen MR) is 89.0 cm³/mol. The Balaban J connectivity index is 1.49. The fourth-order valence-electron chi connectivity index (χ4n) is 3.89. The van der Waals surface area contributed by atoms with Gasteiger partial charge in [0.25, 0.3) is 10.0 Å². The number of fused-ring (bicyclic) bond motifs is 1. The highest BCUT2D eigenvalue weighted by Gasteiger charge is 2.47. The Morgan fingerprint density at radius 2 is 2.12 bits per heavy atom. The zero-order valence-electron chi connectivity index (χ0n) is 13.9. The standard InChI is InChI=1S/C17H20FN3O3S/c1-20-10-17(19-11-20)25(22,23)21-8-12-5-6-16(15(12)9-21)24-14-4-2-3-13(18)7-14/h2-4,7,10-12,15-16H,5-6,8-9H2,1H3/t12-,15+,16-/m0/s1. The van der Waals surface area contributed by atoms with Gasteiger partial charge in [-0.05, 0) is 30.9 Å². The number of ether oxygens (including phenoxy) is 1. The Kier molecular flexibility index (Phi) is 4.04. The van der Waals surface area contributed by atoms with E-state index in [0.29, 0.717) is 18.8 Å². The van der Waals surface area contributed by atoms with Crippen LogP contribution in [0.4, 0.5) is 4.39 Å². The second-order valence-corrected chi connectivity index (χ2v) is 8.70. The smallest absolute Gasteiger partial charge is 0.262 e. The summed E-state index contributed by atoms with van der Waals surface area (Å²) >= 11 is 0. The van der Waals surface area contributed by atoms with Crippen LogP contribution in [0, 0.1) is 17.7 Å². The molecule has 8 heteroatoms. The van der Waals surface area contributed by atoms with E-state index in [4.69, 9.17) is 4.74 Å². The average Bonchev–Trinajstić information content (AvgIpc) is 3.25. The van der Waals surface area contributed by atoms with Gasteiger partial charge in [-0.2, -0.15) is 4.31 Å². The van der Waals surface area contributed by atoms with Crippen molar-refractivity contribution in [2.24, 2.45) is 18.9 Å². The number of hydrogen-bond donors (Lipinski definition) is 0. The lowest BCUT2D eigenvalue weighted by Gasteiger charge is -2.21. The number of aromatic nitrogens is 2. The van der Waals surface area contributed by atoms with Gasteiger partial charge in [0.05, 0.1) is 6.33 Å². The lowest BCUT2D eigenvalue weighted by Crippen LogP contribution is -2.32. The van der Waals surface area contributed by atoms with E-state index in [9.17, 15) is 12.8 Å². The number of rotatable bonds is 4. The minimum atomic E-state index is -3.58. The molecule has 4 rings (SSSR count). The molecule has 1 saturated heterocycles. The van der Waals surface area contributed by atoms with Crippen molar-refractivity contribution < 1.29 is 17.5 Å². The number of halogens is 1. The van der Waals surface area contributed by atoms with Crippen LogP contribution in [0.25, 0.3) is 0 Å². The second kappa shape index (κ2) is 6.10. The van der Waals surface area contributed by atoms with Crippen LogP contribution in [0.1, 0.15) is 12.8 Å². The van der Waals surface area contributed by atoms with E-state index in [2.05, 4.69) is 4.98 Å². The van der Waals surface area contributed by atoms with Crippen molar-refractivity contribution in [3.05, 3.63) is 42.6 Å². The molecule has 1 aromatic heterocycles. The van der Waals surface area contributed by atoms with Crippen molar-refractivity contribution in [3.63, 3.8) is 0 Å². The summed E-state index contributed by atoms with van der Waals surface area (Å²) in [5, 5.41) is 0.0811. The summed E-state index contributed by atoms with van der Waals surface area (Å²) < 4.78 is 47.9. The zero-order valence-corrected chi connectivity index (χ0v) is 14.7. The minimum Gasteiger partial charge on any atom is -0.490 e. The van der Waals surface area contributed by atoms with Crippen molar-refractivity contribution in [1.82, 2.24) is 13.9 Å². The Morgan fingerprint density at radius 3 is 2.84 bits per heavy atom. The lowest BCUT2D eigenvalue weighted by molar-refractivity contribution is 0.154. The van der Waals surface area contributed by atoms with Crippen LogP contribution in [0.3, 0.4) is 0 Å². The van der Waals surface area contributed by atoms with E-state index >= 15 is 0 Å². The fourth-order valence-corrected chi connectivity index (χ4v) is 5.39. The minimum absolute atomic E-state index is 0.0811. The van der Waals surface area contributed by atoms with Crippen LogP contribution < -0.4 is 4.74 Å². The van der Waals surface area contributed by atoms with Crippen molar-refractivity contribution >= 4 is 10.0 Å². The van der Waals surface area contributed by atoms with Gasteiger partial charge in [0.1, 0.15) is 17.7 Å². The Bertz CT molecular complexity index is 883. The lowest BCUT2D eigenvalue weighted by atomic mass is 9.99. The molecule has 2 fully saturated rings. The van der Waals surface area contributed by atoms with Gasteiger partial charge < -0.3 is 9.30 Å². The van der Waals surface area contributed by atoms with Crippen molar-refractivity contribution in [3.8, 4) is 5.75 Å². The molecule has 0 bridgehead atoms. The molecule has 0 spiro atoms. The van der Waals surface area contributed by atoms with E-state index in [1.165, 1.54) is 29.0 Å². The summed E-state index contributed by atoms with van der Waals surface area (Å²) in [6.45, 7) is 0.913. The SMILES string of the molecule is Cn1cnc(S(=O)(=O)N2C[C@@H]3CC[C@H](Oc4cccc(F)c4)[C@@H]3C2)c1. The first-order valence-electron chi connectivity index (χ1n) is 8.34. The number of imidazole rings is 1. The maximum atomic E-state index is 13.3. The molecule has 3 atom stereocenters. The second-order valence-electron chi connectivity index (χ2n) is 6.81.